The first-order valence-corrected chi connectivity index (χ1v) is 12.0. The molecule has 2 aromatic heterocycles. The van der Waals surface area contributed by atoms with E-state index in [9.17, 15) is 9.59 Å². The predicted molar refractivity (Wildman–Crippen MR) is 121 cm³/mol. The van der Waals surface area contributed by atoms with Crippen LogP contribution < -0.4 is 4.90 Å². The number of aromatic nitrogens is 3. The Hall–Kier alpha value is -2.83. The van der Waals surface area contributed by atoms with Crippen LogP contribution in [-0.2, 0) is 11.2 Å². The molecule has 0 N–H and O–H groups in total. The van der Waals surface area contributed by atoms with Gasteiger partial charge in [-0.15, -0.1) is 0 Å². The fourth-order valence-electron chi connectivity index (χ4n) is 5.48. The molecule has 4 heterocycles. The van der Waals surface area contributed by atoms with Gasteiger partial charge in [0.1, 0.15) is 11.5 Å². The van der Waals surface area contributed by atoms with Gasteiger partial charge < -0.3 is 4.90 Å². The summed E-state index contributed by atoms with van der Waals surface area (Å²) in [6.45, 7) is 3.44. The Morgan fingerprint density at radius 1 is 1.06 bits per heavy atom. The fraction of sp³-hybridized carbons (Fsp3) is 0.560. The number of carbonyl (C=O) groups excluding carboxylic acids is 2. The van der Waals surface area contributed by atoms with Crippen molar-refractivity contribution in [2.45, 2.75) is 70.8 Å². The van der Waals surface area contributed by atoms with Gasteiger partial charge in [0.05, 0.1) is 6.04 Å². The summed E-state index contributed by atoms with van der Waals surface area (Å²) in [4.78, 5) is 43.9. The molecule has 3 aliphatic rings. The molecule has 168 valence electrons. The molecule has 32 heavy (non-hydrogen) atoms. The van der Waals surface area contributed by atoms with E-state index in [1.807, 2.05) is 28.9 Å². The van der Waals surface area contributed by atoms with Crippen LogP contribution in [0.5, 0.6) is 0 Å². The van der Waals surface area contributed by atoms with E-state index < -0.39 is 0 Å². The summed E-state index contributed by atoms with van der Waals surface area (Å²) in [6.07, 6.45) is 10.8. The Morgan fingerprint density at radius 3 is 2.69 bits per heavy atom. The van der Waals surface area contributed by atoms with E-state index in [2.05, 4.69) is 4.98 Å². The zero-order valence-corrected chi connectivity index (χ0v) is 18.8. The molecule has 2 amide bonds. The van der Waals surface area contributed by atoms with Gasteiger partial charge in [0.15, 0.2) is 5.82 Å². The molecule has 2 aromatic rings. The van der Waals surface area contributed by atoms with Crippen molar-refractivity contribution >= 4 is 17.6 Å². The van der Waals surface area contributed by atoms with Crippen molar-refractivity contribution in [3.05, 3.63) is 47.2 Å². The van der Waals surface area contributed by atoms with Gasteiger partial charge in [-0.3, -0.25) is 19.5 Å². The van der Waals surface area contributed by atoms with E-state index in [0.717, 1.165) is 36.5 Å². The van der Waals surface area contributed by atoms with Crippen molar-refractivity contribution in [1.82, 2.24) is 19.9 Å². The molecular formula is C25H31N5O2. The third-order valence-corrected chi connectivity index (χ3v) is 7.22. The molecular weight excluding hydrogens is 402 g/mol. The quantitative estimate of drug-likeness (QED) is 0.728. The normalized spacial score (nSPS) is 21.7. The maximum absolute atomic E-state index is 13.1. The van der Waals surface area contributed by atoms with E-state index in [1.54, 1.807) is 12.3 Å². The number of pyridine rings is 1. The Balaban J connectivity index is 1.46. The highest BCUT2D eigenvalue weighted by molar-refractivity contribution is 5.95. The molecule has 1 aliphatic carbocycles. The van der Waals surface area contributed by atoms with Gasteiger partial charge in [0.25, 0.3) is 5.91 Å². The van der Waals surface area contributed by atoms with Gasteiger partial charge in [-0.25, -0.2) is 9.97 Å². The van der Waals surface area contributed by atoms with Gasteiger partial charge in [0, 0.05) is 37.0 Å². The van der Waals surface area contributed by atoms with E-state index in [-0.39, 0.29) is 17.9 Å². The highest BCUT2D eigenvalue weighted by Gasteiger charge is 2.36. The summed E-state index contributed by atoms with van der Waals surface area (Å²) < 4.78 is 0. The lowest BCUT2D eigenvalue weighted by atomic mass is 9.88. The van der Waals surface area contributed by atoms with Crippen LogP contribution in [0.3, 0.4) is 0 Å². The zero-order chi connectivity index (χ0) is 22.1. The Kier molecular flexibility index (Phi) is 5.89. The third kappa shape index (κ3) is 4.00. The van der Waals surface area contributed by atoms with Crippen LogP contribution in [0.2, 0.25) is 0 Å². The molecule has 5 rings (SSSR count). The number of hydrogen-bond acceptors (Lipinski definition) is 5. The maximum Gasteiger partial charge on any atom is 0.273 e. The Labute approximate surface area is 189 Å². The van der Waals surface area contributed by atoms with Crippen LogP contribution in [0, 0.1) is 12.8 Å². The number of anilines is 1. The number of rotatable bonds is 4. The minimum absolute atomic E-state index is 0.0813. The fourth-order valence-corrected chi connectivity index (χ4v) is 5.48. The van der Waals surface area contributed by atoms with Crippen molar-refractivity contribution in [3.63, 3.8) is 0 Å². The third-order valence-electron chi connectivity index (χ3n) is 7.22. The molecule has 7 nitrogen and oxygen atoms in total. The van der Waals surface area contributed by atoms with Gasteiger partial charge in [-0.1, -0.05) is 25.3 Å². The smallest absolute Gasteiger partial charge is 0.273 e. The van der Waals surface area contributed by atoms with Crippen molar-refractivity contribution in [1.29, 1.82) is 0 Å². The topological polar surface area (TPSA) is 79.3 Å². The predicted octanol–water partition coefficient (Wildman–Crippen LogP) is 4.02. The molecule has 0 unspecified atom stereocenters. The van der Waals surface area contributed by atoms with Gasteiger partial charge in [-0.2, -0.15) is 0 Å². The number of likely N-dealkylation sites (tertiary alicyclic amines) is 1. The van der Waals surface area contributed by atoms with Gasteiger partial charge in [-0.05, 0) is 57.1 Å². The van der Waals surface area contributed by atoms with Gasteiger partial charge in [0.2, 0.25) is 5.91 Å². The Bertz CT molecular complexity index is 1000. The lowest BCUT2D eigenvalue weighted by Crippen LogP contribution is -2.41. The van der Waals surface area contributed by atoms with Crippen molar-refractivity contribution in [2.24, 2.45) is 5.92 Å². The number of aryl methyl sites for hydroxylation is 1. The van der Waals surface area contributed by atoms with E-state index in [0.29, 0.717) is 36.8 Å². The lowest BCUT2D eigenvalue weighted by molar-refractivity contribution is -0.119. The van der Waals surface area contributed by atoms with E-state index in [1.165, 1.54) is 32.1 Å². The second-order valence-corrected chi connectivity index (χ2v) is 9.35. The Morgan fingerprint density at radius 2 is 1.91 bits per heavy atom. The average molecular weight is 434 g/mol. The van der Waals surface area contributed by atoms with Crippen LogP contribution in [0.4, 0.5) is 5.82 Å². The maximum atomic E-state index is 13.1. The summed E-state index contributed by atoms with van der Waals surface area (Å²) in [5.41, 5.74) is 2.47. The summed E-state index contributed by atoms with van der Waals surface area (Å²) in [5.74, 6) is 2.08. The van der Waals surface area contributed by atoms with Crippen LogP contribution in [0.15, 0.2) is 24.4 Å². The van der Waals surface area contributed by atoms with Gasteiger partial charge >= 0.3 is 0 Å². The molecule has 0 spiro atoms. The van der Waals surface area contributed by atoms with E-state index >= 15 is 0 Å². The first-order chi connectivity index (χ1) is 15.6. The van der Waals surface area contributed by atoms with Crippen molar-refractivity contribution in [2.75, 3.05) is 18.0 Å². The number of carbonyl (C=O) groups is 2. The van der Waals surface area contributed by atoms with Crippen molar-refractivity contribution in [3.8, 4) is 0 Å². The number of nitrogens with zero attached hydrogens (tertiary/aromatic N) is 5. The largest absolute Gasteiger partial charge is 0.327 e. The summed E-state index contributed by atoms with van der Waals surface area (Å²) in [5, 5.41) is 0. The number of fused-ring (bicyclic) bond motifs is 1. The highest BCUT2D eigenvalue weighted by Crippen LogP contribution is 2.36. The molecule has 0 bridgehead atoms. The highest BCUT2D eigenvalue weighted by atomic mass is 16.2. The lowest BCUT2D eigenvalue weighted by Gasteiger charge is -2.34. The zero-order valence-electron chi connectivity index (χ0n) is 18.8. The number of amides is 2. The molecule has 2 fully saturated rings. The van der Waals surface area contributed by atoms with Crippen LogP contribution in [-0.4, -0.2) is 44.8 Å². The molecule has 1 saturated carbocycles. The second kappa shape index (κ2) is 8.96. The second-order valence-electron chi connectivity index (χ2n) is 9.35. The number of hydrogen-bond donors (Lipinski definition) is 0. The van der Waals surface area contributed by atoms with Crippen LogP contribution >= 0.6 is 0 Å². The average Bonchev–Trinajstić information content (AvgIpc) is 3.31. The summed E-state index contributed by atoms with van der Waals surface area (Å²) >= 11 is 0. The van der Waals surface area contributed by atoms with E-state index in [4.69, 9.17) is 9.97 Å². The van der Waals surface area contributed by atoms with Crippen LogP contribution in [0.25, 0.3) is 0 Å². The standard InChI is InChI=1S/C25H31N5O2/c1-17-19-12-13-22(31)30(16-18-8-3-2-4-9-18)24(19)28-23(27-17)21-11-7-15-29(21)25(32)20-10-5-6-14-26-20/h5-6,10,14,18,21H,2-4,7-9,11-13,15-16H2,1H3/t21-/m1/s1. The minimum atomic E-state index is -0.179. The molecule has 7 heteroatoms. The molecule has 1 atom stereocenters. The molecule has 0 aromatic carbocycles. The minimum Gasteiger partial charge on any atom is -0.327 e. The first-order valence-electron chi connectivity index (χ1n) is 12.0. The molecule has 1 saturated heterocycles. The molecule has 0 radical (unpaired) electrons. The summed E-state index contributed by atoms with van der Waals surface area (Å²) in [6, 6.07) is 5.22. The monoisotopic (exact) mass is 433 g/mol. The molecule has 2 aliphatic heterocycles. The first kappa shape index (κ1) is 21.0. The van der Waals surface area contributed by atoms with Crippen LogP contribution in [0.1, 0.15) is 85.0 Å². The van der Waals surface area contributed by atoms with Crippen molar-refractivity contribution < 1.29 is 9.59 Å². The SMILES string of the molecule is Cc1nc([C@H]2CCCN2C(=O)c2ccccn2)nc2c1CCC(=O)N2CC1CCCCC1. The summed E-state index contributed by atoms with van der Waals surface area (Å²) in [7, 11) is 0.